The van der Waals surface area contributed by atoms with Crippen LogP contribution in [0.15, 0.2) is 0 Å². The van der Waals surface area contributed by atoms with Gasteiger partial charge in [-0.3, -0.25) is 9.48 Å². The molecule has 0 aliphatic heterocycles. The summed E-state index contributed by atoms with van der Waals surface area (Å²) in [5.41, 5.74) is 8.32. The van der Waals surface area contributed by atoms with E-state index in [1.165, 1.54) is 0 Å². The molecule has 1 aromatic rings. The number of nitrogens with two attached hydrogens (primary N) is 1. The van der Waals surface area contributed by atoms with Crippen LogP contribution in [-0.2, 0) is 6.54 Å². The van der Waals surface area contributed by atoms with Crippen molar-refractivity contribution in [3.05, 3.63) is 17.0 Å². The Hall–Kier alpha value is -1.07. The molecule has 1 amide bonds. The first-order chi connectivity index (χ1) is 8.52. The molecule has 5 nitrogen and oxygen atoms in total. The second kappa shape index (κ2) is 6.39. The summed E-state index contributed by atoms with van der Waals surface area (Å²) in [6.45, 7) is 6.64. The Balaban J connectivity index is 0.00000180. The average molecular weight is 287 g/mol. The van der Waals surface area contributed by atoms with Gasteiger partial charge in [-0.25, -0.2) is 0 Å². The average Bonchev–Trinajstić information content (AvgIpc) is 2.83. The van der Waals surface area contributed by atoms with Crippen LogP contribution in [0.5, 0.6) is 0 Å². The number of hydrogen-bond acceptors (Lipinski definition) is 3. The van der Waals surface area contributed by atoms with Crippen molar-refractivity contribution in [3.63, 3.8) is 0 Å². The molecule has 2 rings (SSSR count). The maximum Gasteiger partial charge on any atom is 0.255 e. The Morgan fingerprint density at radius 3 is 2.63 bits per heavy atom. The lowest BCUT2D eigenvalue weighted by Crippen LogP contribution is -2.34. The summed E-state index contributed by atoms with van der Waals surface area (Å²) in [6, 6.07) is 0.451. The van der Waals surface area contributed by atoms with Gasteiger partial charge in [-0.2, -0.15) is 5.10 Å². The summed E-state index contributed by atoms with van der Waals surface area (Å²) in [5, 5.41) is 7.44. The van der Waals surface area contributed by atoms with E-state index in [-0.39, 0.29) is 30.4 Å². The molecule has 0 saturated heterocycles. The fourth-order valence-electron chi connectivity index (χ4n) is 2.74. The van der Waals surface area contributed by atoms with Crippen molar-refractivity contribution in [2.75, 3.05) is 0 Å². The largest absolute Gasteiger partial charge is 0.349 e. The van der Waals surface area contributed by atoms with Crippen molar-refractivity contribution in [3.8, 4) is 0 Å². The van der Waals surface area contributed by atoms with Crippen LogP contribution >= 0.6 is 12.4 Å². The normalized spacial score (nSPS) is 22.1. The number of halogens is 1. The van der Waals surface area contributed by atoms with Crippen LogP contribution in [0.2, 0.25) is 0 Å². The number of rotatable bonds is 3. The van der Waals surface area contributed by atoms with Gasteiger partial charge in [-0.1, -0.05) is 0 Å². The minimum atomic E-state index is -0.0104. The van der Waals surface area contributed by atoms with Gasteiger partial charge in [0.2, 0.25) is 0 Å². The van der Waals surface area contributed by atoms with Gasteiger partial charge in [0.05, 0.1) is 11.3 Å². The van der Waals surface area contributed by atoms with E-state index < -0.39 is 0 Å². The van der Waals surface area contributed by atoms with Gasteiger partial charge in [0, 0.05) is 24.3 Å². The second-order valence-corrected chi connectivity index (χ2v) is 5.11. The molecule has 0 aromatic carbocycles. The summed E-state index contributed by atoms with van der Waals surface area (Å²) >= 11 is 0. The summed E-state index contributed by atoms with van der Waals surface area (Å²) in [4.78, 5) is 12.3. The van der Waals surface area contributed by atoms with Crippen molar-refractivity contribution in [1.29, 1.82) is 0 Å². The molecule has 1 aliphatic rings. The highest BCUT2D eigenvalue weighted by atomic mass is 35.5. The molecular formula is C13H23ClN4O. The summed E-state index contributed by atoms with van der Waals surface area (Å²) in [7, 11) is 0. The van der Waals surface area contributed by atoms with Crippen LogP contribution in [0.1, 0.15) is 47.9 Å². The van der Waals surface area contributed by atoms with Gasteiger partial charge < -0.3 is 11.1 Å². The highest BCUT2D eigenvalue weighted by Crippen LogP contribution is 2.19. The maximum absolute atomic E-state index is 12.3. The molecule has 1 heterocycles. The molecule has 108 valence electrons. The molecule has 6 heteroatoms. The molecule has 1 fully saturated rings. The molecular weight excluding hydrogens is 264 g/mol. The number of carbonyl (C=O) groups is 1. The van der Waals surface area contributed by atoms with E-state index in [9.17, 15) is 4.79 Å². The fraction of sp³-hybridized carbons (Fsp3) is 0.692. The van der Waals surface area contributed by atoms with Crippen molar-refractivity contribution in [1.82, 2.24) is 15.1 Å². The molecule has 3 N–H and O–H groups in total. The molecule has 0 unspecified atom stereocenters. The lowest BCUT2D eigenvalue weighted by Gasteiger charge is -2.12. The van der Waals surface area contributed by atoms with Gasteiger partial charge in [0.1, 0.15) is 0 Å². The van der Waals surface area contributed by atoms with Gasteiger partial charge in [0.25, 0.3) is 5.91 Å². The van der Waals surface area contributed by atoms with Crippen molar-refractivity contribution < 1.29 is 4.79 Å². The quantitative estimate of drug-likeness (QED) is 0.885. The third-order valence-corrected chi connectivity index (χ3v) is 3.72. The van der Waals surface area contributed by atoms with Crippen LogP contribution in [0.4, 0.5) is 0 Å². The minimum absolute atomic E-state index is 0. The number of aromatic nitrogens is 2. The highest BCUT2D eigenvalue weighted by Gasteiger charge is 2.25. The smallest absolute Gasteiger partial charge is 0.255 e. The SMILES string of the molecule is CCn1nc(C)c(C(=O)N[C@@H]2CC[C@@H](N)C2)c1C.Cl. The number of aryl methyl sites for hydroxylation is 2. The molecule has 1 aliphatic carbocycles. The topological polar surface area (TPSA) is 72.9 Å². The summed E-state index contributed by atoms with van der Waals surface area (Å²) < 4.78 is 1.87. The number of nitrogens with one attached hydrogen (secondary N) is 1. The Morgan fingerprint density at radius 2 is 2.16 bits per heavy atom. The van der Waals surface area contributed by atoms with Crippen LogP contribution in [0.3, 0.4) is 0 Å². The number of amides is 1. The first-order valence-electron chi connectivity index (χ1n) is 6.63. The zero-order valence-electron chi connectivity index (χ0n) is 11.8. The van der Waals surface area contributed by atoms with E-state index in [0.717, 1.165) is 42.8 Å². The molecule has 0 radical (unpaired) electrons. The summed E-state index contributed by atoms with van der Waals surface area (Å²) in [5.74, 6) is -0.0104. The fourth-order valence-corrected chi connectivity index (χ4v) is 2.74. The zero-order valence-corrected chi connectivity index (χ0v) is 12.6. The lowest BCUT2D eigenvalue weighted by atomic mass is 10.1. The van der Waals surface area contributed by atoms with E-state index in [2.05, 4.69) is 10.4 Å². The third-order valence-electron chi connectivity index (χ3n) is 3.72. The van der Waals surface area contributed by atoms with Crippen LogP contribution in [0, 0.1) is 13.8 Å². The Morgan fingerprint density at radius 1 is 1.47 bits per heavy atom. The number of hydrogen-bond donors (Lipinski definition) is 2. The van der Waals surface area contributed by atoms with Crippen LogP contribution in [0.25, 0.3) is 0 Å². The van der Waals surface area contributed by atoms with Gasteiger partial charge in [-0.05, 0) is 40.0 Å². The summed E-state index contributed by atoms with van der Waals surface area (Å²) in [6.07, 6.45) is 2.86. The second-order valence-electron chi connectivity index (χ2n) is 5.11. The Bertz CT molecular complexity index is 458. The first kappa shape index (κ1) is 16.0. The molecule has 0 bridgehead atoms. The van der Waals surface area contributed by atoms with Crippen molar-refractivity contribution in [2.24, 2.45) is 5.73 Å². The molecule has 2 atom stereocenters. The monoisotopic (exact) mass is 286 g/mol. The van der Waals surface area contributed by atoms with E-state index in [0.29, 0.717) is 0 Å². The predicted molar refractivity (Wildman–Crippen MR) is 77.7 cm³/mol. The lowest BCUT2D eigenvalue weighted by molar-refractivity contribution is 0.0936. The molecule has 0 spiro atoms. The van der Waals surface area contributed by atoms with Crippen LogP contribution in [-0.4, -0.2) is 27.8 Å². The third kappa shape index (κ3) is 3.28. The number of nitrogens with zero attached hydrogens (tertiary/aromatic N) is 2. The molecule has 1 aromatic heterocycles. The highest BCUT2D eigenvalue weighted by molar-refractivity contribution is 5.96. The number of carbonyl (C=O) groups excluding carboxylic acids is 1. The molecule has 1 saturated carbocycles. The standard InChI is InChI=1S/C13H22N4O.ClH/c1-4-17-9(3)12(8(2)16-17)13(18)15-11-6-5-10(14)7-11;/h10-11H,4-7,14H2,1-3H3,(H,15,18);1H/t10-,11-;/m1./s1. The van der Waals surface area contributed by atoms with Gasteiger partial charge in [0.15, 0.2) is 0 Å². The van der Waals surface area contributed by atoms with Gasteiger partial charge in [-0.15, -0.1) is 12.4 Å². The van der Waals surface area contributed by atoms with Crippen LogP contribution < -0.4 is 11.1 Å². The van der Waals surface area contributed by atoms with E-state index >= 15 is 0 Å². The predicted octanol–water partition coefficient (Wildman–Crippen LogP) is 1.55. The molecule has 19 heavy (non-hydrogen) atoms. The maximum atomic E-state index is 12.3. The minimum Gasteiger partial charge on any atom is -0.349 e. The first-order valence-corrected chi connectivity index (χ1v) is 6.63. The zero-order chi connectivity index (χ0) is 13.3. The van der Waals surface area contributed by atoms with E-state index in [1.54, 1.807) is 0 Å². The van der Waals surface area contributed by atoms with Crippen molar-refractivity contribution in [2.45, 2.75) is 58.7 Å². The van der Waals surface area contributed by atoms with Gasteiger partial charge >= 0.3 is 0 Å². The Labute approximate surface area is 120 Å². The Kier molecular flexibility index (Phi) is 5.38. The van der Waals surface area contributed by atoms with E-state index in [1.807, 2.05) is 25.5 Å². The van der Waals surface area contributed by atoms with Crippen molar-refractivity contribution >= 4 is 18.3 Å². The van der Waals surface area contributed by atoms with E-state index in [4.69, 9.17) is 5.73 Å².